The predicted molar refractivity (Wildman–Crippen MR) is 170 cm³/mol. The largest absolute Gasteiger partial charge is 0.494 e. The summed E-state index contributed by atoms with van der Waals surface area (Å²) in [6.45, 7) is 2.56. The van der Waals surface area contributed by atoms with Gasteiger partial charge in [-0.3, -0.25) is 13.9 Å². The van der Waals surface area contributed by atoms with Crippen molar-refractivity contribution < 1.29 is 27.1 Å². The van der Waals surface area contributed by atoms with Gasteiger partial charge in [0, 0.05) is 32.0 Å². The lowest BCUT2D eigenvalue weighted by molar-refractivity contribution is -0.141. The molecule has 2 amide bonds. The van der Waals surface area contributed by atoms with E-state index in [1.54, 1.807) is 41.3 Å². The van der Waals surface area contributed by atoms with Crippen molar-refractivity contribution in [3.63, 3.8) is 0 Å². The summed E-state index contributed by atoms with van der Waals surface area (Å²) in [4.78, 5) is 29.3. The van der Waals surface area contributed by atoms with Gasteiger partial charge in [-0.25, -0.2) is 12.8 Å². The number of halogens is 1. The van der Waals surface area contributed by atoms with Gasteiger partial charge in [-0.05, 0) is 73.7 Å². The molecule has 1 atom stereocenters. The van der Waals surface area contributed by atoms with Gasteiger partial charge in [-0.2, -0.15) is 0 Å². The van der Waals surface area contributed by atoms with Crippen LogP contribution in [0.2, 0.25) is 0 Å². The highest BCUT2D eigenvalue weighted by Gasteiger charge is 2.32. The Morgan fingerprint density at radius 2 is 1.61 bits per heavy atom. The quantitative estimate of drug-likeness (QED) is 0.242. The average molecular weight is 624 g/mol. The Hall–Kier alpha value is -3.92. The first-order chi connectivity index (χ1) is 21.1. The van der Waals surface area contributed by atoms with E-state index in [9.17, 15) is 22.4 Å². The molecule has 3 aromatic carbocycles. The Kier molecular flexibility index (Phi) is 11.8. The molecule has 0 aromatic heterocycles. The average Bonchev–Trinajstić information content (AvgIpc) is 3.51. The minimum absolute atomic E-state index is 0.0201. The van der Waals surface area contributed by atoms with Gasteiger partial charge >= 0.3 is 0 Å². The van der Waals surface area contributed by atoms with Gasteiger partial charge in [-0.1, -0.05) is 55.3 Å². The Labute approximate surface area is 260 Å². The fourth-order valence-corrected chi connectivity index (χ4v) is 6.55. The Bertz CT molecular complexity index is 1460. The Balaban J connectivity index is 1.56. The number of benzene rings is 3. The van der Waals surface area contributed by atoms with Gasteiger partial charge in [0.15, 0.2) is 0 Å². The molecule has 0 spiro atoms. The number of carbonyl (C=O) groups excluding carboxylic acids is 2. The first kappa shape index (κ1) is 33.0. The summed E-state index contributed by atoms with van der Waals surface area (Å²) in [5.74, 6) is -0.251. The van der Waals surface area contributed by atoms with E-state index in [-0.39, 0.29) is 49.6 Å². The number of nitrogens with zero attached hydrogens (tertiary/aromatic N) is 2. The van der Waals surface area contributed by atoms with E-state index in [1.165, 1.54) is 16.4 Å². The van der Waals surface area contributed by atoms with Gasteiger partial charge in [0.2, 0.25) is 21.8 Å². The summed E-state index contributed by atoms with van der Waals surface area (Å²) in [5.41, 5.74) is 2.08. The van der Waals surface area contributed by atoms with Gasteiger partial charge < -0.3 is 15.0 Å². The molecule has 3 aromatic rings. The van der Waals surface area contributed by atoms with E-state index < -0.39 is 16.1 Å². The summed E-state index contributed by atoms with van der Waals surface area (Å²) >= 11 is 0. The van der Waals surface area contributed by atoms with Crippen LogP contribution in [0.1, 0.15) is 56.6 Å². The predicted octanol–water partition coefficient (Wildman–Crippen LogP) is 5.47. The highest BCUT2D eigenvalue weighted by Crippen LogP contribution is 2.24. The lowest BCUT2D eigenvalue weighted by atomic mass is 10.0. The highest BCUT2D eigenvalue weighted by molar-refractivity contribution is 7.92. The topological polar surface area (TPSA) is 96.0 Å². The molecule has 1 N–H and O–H groups in total. The van der Waals surface area contributed by atoms with E-state index in [0.717, 1.165) is 37.5 Å². The molecule has 44 heavy (non-hydrogen) atoms. The monoisotopic (exact) mass is 623 g/mol. The van der Waals surface area contributed by atoms with Crippen molar-refractivity contribution in [2.75, 3.05) is 23.7 Å². The number of ether oxygens (including phenoxy) is 1. The maximum atomic E-state index is 14.0. The number of hydrogen-bond acceptors (Lipinski definition) is 5. The molecule has 1 aliphatic carbocycles. The minimum atomic E-state index is -3.63. The van der Waals surface area contributed by atoms with Crippen molar-refractivity contribution >= 4 is 27.5 Å². The van der Waals surface area contributed by atoms with Crippen molar-refractivity contribution in [3.05, 3.63) is 95.8 Å². The third kappa shape index (κ3) is 9.54. The zero-order valence-electron chi connectivity index (χ0n) is 25.5. The van der Waals surface area contributed by atoms with Crippen LogP contribution in [0.4, 0.5) is 10.1 Å². The van der Waals surface area contributed by atoms with Gasteiger partial charge in [0.05, 0.1) is 18.6 Å². The third-order valence-corrected chi connectivity index (χ3v) is 9.02. The zero-order valence-corrected chi connectivity index (χ0v) is 26.3. The molecule has 0 bridgehead atoms. The van der Waals surface area contributed by atoms with Crippen molar-refractivity contribution in [3.8, 4) is 5.75 Å². The Morgan fingerprint density at radius 3 is 2.23 bits per heavy atom. The lowest BCUT2D eigenvalue weighted by Crippen LogP contribution is -2.52. The van der Waals surface area contributed by atoms with Crippen molar-refractivity contribution in [2.45, 2.75) is 70.5 Å². The summed E-state index contributed by atoms with van der Waals surface area (Å²) in [6, 6.07) is 21.5. The fourth-order valence-electron chi connectivity index (χ4n) is 5.59. The second-order valence-corrected chi connectivity index (χ2v) is 13.1. The molecular formula is C34H42FN3O5S. The van der Waals surface area contributed by atoms with E-state index in [0.29, 0.717) is 30.0 Å². The molecule has 0 aliphatic heterocycles. The van der Waals surface area contributed by atoms with Gasteiger partial charge in [-0.15, -0.1) is 0 Å². The number of hydrogen-bond donors (Lipinski definition) is 1. The van der Waals surface area contributed by atoms with Crippen molar-refractivity contribution in [2.24, 2.45) is 0 Å². The van der Waals surface area contributed by atoms with Crippen LogP contribution >= 0.6 is 0 Å². The molecule has 0 heterocycles. The lowest BCUT2D eigenvalue weighted by Gasteiger charge is -2.33. The minimum Gasteiger partial charge on any atom is -0.494 e. The number of anilines is 1. The van der Waals surface area contributed by atoms with E-state index in [2.05, 4.69) is 5.32 Å². The van der Waals surface area contributed by atoms with Crippen molar-refractivity contribution in [1.29, 1.82) is 0 Å². The normalized spacial score (nSPS) is 14.2. The molecule has 0 unspecified atom stereocenters. The molecule has 4 rings (SSSR count). The van der Waals surface area contributed by atoms with Crippen LogP contribution in [0.15, 0.2) is 78.9 Å². The summed E-state index contributed by atoms with van der Waals surface area (Å²) in [6.07, 6.45) is 5.62. The first-order valence-electron chi connectivity index (χ1n) is 15.2. The maximum Gasteiger partial charge on any atom is 0.243 e. The zero-order chi connectivity index (χ0) is 31.5. The van der Waals surface area contributed by atoms with Crippen LogP contribution in [-0.4, -0.2) is 56.6 Å². The highest BCUT2D eigenvalue weighted by atomic mass is 32.2. The molecule has 1 aliphatic rings. The molecule has 1 saturated carbocycles. The molecule has 236 valence electrons. The fraction of sp³-hybridized carbons (Fsp3) is 0.412. The smallest absolute Gasteiger partial charge is 0.243 e. The van der Waals surface area contributed by atoms with Crippen LogP contribution in [0, 0.1) is 5.82 Å². The van der Waals surface area contributed by atoms with Gasteiger partial charge in [0.1, 0.15) is 17.6 Å². The molecule has 10 heteroatoms. The van der Waals surface area contributed by atoms with Crippen LogP contribution in [0.3, 0.4) is 0 Å². The van der Waals surface area contributed by atoms with Crippen LogP contribution < -0.4 is 14.4 Å². The number of rotatable bonds is 15. The summed E-state index contributed by atoms with van der Waals surface area (Å²) in [5, 5.41) is 3.17. The summed E-state index contributed by atoms with van der Waals surface area (Å²) in [7, 11) is -3.63. The van der Waals surface area contributed by atoms with Crippen LogP contribution in [0.25, 0.3) is 0 Å². The molecule has 0 radical (unpaired) electrons. The number of nitrogens with one attached hydrogen (secondary N) is 1. The molecule has 0 saturated heterocycles. The van der Waals surface area contributed by atoms with Crippen molar-refractivity contribution in [1.82, 2.24) is 10.2 Å². The second-order valence-electron chi connectivity index (χ2n) is 11.2. The van der Waals surface area contributed by atoms with E-state index >= 15 is 0 Å². The van der Waals surface area contributed by atoms with Crippen LogP contribution in [-0.2, 0) is 32.6 Å². The number of sulfonamides is 1. The number of carbonyl (C=O) groups is 2. The SMILES string of the molecule is CCOc1ccc(N(CCCC(=O)N(Cc2ccc(F)cc2)[C@@H](Cc2ccccc2)C(=O)NC2CCCC2)S(C)(=O)=O)cc1. The molecular weight excluding hydrogens is 581 g/mol. The van der Waals surface area contributed by atoms with Crippen LogP contribution in [0.5, 0.6) is 5.75 Å². The maximum absolute atomic E-state index is 14.0. The third-order valence-electron chi connectivity index (χ3n) is 7.83. The van der Waals surface area contributed by atoms with E-state index in [1.807, 2.05) is 37.3 Å². The molecule has 8 nitrogen and oxygen atoms in total. The molecule has 1 fully saturated rings. The Morgan fingerprint density at radius 1 is 0.955 bits per heavy atom. The van der Waals surface area contributed by atoms with E-state index in [4.69, 9.17) is 4.74 Å². The standard InChI is InChI=1S/C34H42FN3O5S/c1-3-43-31-21-19-30(20-22-31)38(44(2,41)42)23-9-14-33(39)37(25-27-15-17-28(35)18-16-27)32(24-26-10-5-4-6-11-26)34(40)36-29-12-7-8-13-29/h4-6,10-11,15-22,29,32H,3,7-9,12-14,23-25H2,1-2H3,(H,36,40)/t32-/m0/s1. The first-order valence-corrected chi connectivity index (χ1v) is 17.1. The van der Waals surface area contributed by atoms with Gasteiger partial charge in [0.25, 0.3) is 0 Å². The second kappa shape index (κ2) is 15.7. The number of amides is 2. The summed E-state index contributed by atoms with van der Waals surface area (Å²) < 4.78 is 45.9.